The van der Waals surface area contributed by atoms with Crippen LogP contribution in [0.5, 0.6) is 0 Å². The maximum Gasteiger partial charge on any atom is 0.159 e. The topological polar surface area (TPSA) is 41.6 Å². The van der Waals surface area contributed by atoms with Crippen molar-refractivity contribution in [3.63, 3.8) is 0 Å². The molecule has 2 N–H and O–H groups in total. The summed E-state index contributed by atoms with van der Waals surface area (Å²) < 4.78 is 0. The summed E-state index contributed by atoms with van der Waals surface area (Å²) in [4.78, 5) is 6.61. The molecule has 0 unspecified atom stereocenters. The average Bonchev–Trinajstić information content (AvgIpc) is 2.23. The van der Waals surface area contributed by atoms with Gasteiger partial charge in [-0.05, 0) is 44.0 Å². The molecule has 94 valence electrons. The highest BCUT2D eigenvalue weighted by atomic mass is 32.2. The number of nitrogens with two attached hydrogens (primary N) is 1. The highest BCUT2D eigenvalue weighted by molar-refractivity contribution is 8.13. The number of aliphatic imine (C=N–C) groups is 1. The van der Waals surface area contributed by atoms with Crippen LogP contribution in [0.25, 0.3) is 0 Å². The Bertz CT molecular complexity index is 400. The summed E-state index contributed by atoms with van der Waals surface area (Å²) in [5.74, 6) is 0.950. The highest BCUT2D eigenvalue weighted by Crippen LogP contribution is 2.23. The zero-order valence-corrected chi connectivity index (χ0v) is 11.8. The third kappa shape index (κ3) is 4.40. The lowest BCUT2D eigenvalue weighted by molar-refractivity contribution is 0.401. The number of hydrogen-bond acceptors (Lipinski definition) is 3. The van der Waals surface area contributed by atoms with Gasteiger partial charge in [-0.3, -0.25) is 0 Å². The lowest BCUT2D eigenvalue weighted by Crippen LogP contribution is -2.11. The van der Waals surface area contributed by atoms with Crippen LogP contribution in [-0.4, -0.2) is 29.9 Å². The van der Waals surface area contributed by atoms with Crippen LogP contribution in [0, 0.1) is 6.92 Å². The fourth-order valence-electron chi connectivity index (χ4n) is 1.60. The van der Waals surface area contributed by atoms with Gasteiger partial charge >= 0.3 is 0 Å². The Hall–Kier alpha value is -1.00. The lowest BCUT2D eigenvalue weighted by Gasteiger charge is -2.13. The molecule has 0 saturated carbocycles. The molecule has 17 heavy (non-hydrogen) atoms. The number of nitrogens with zero attached hydrogens (tertiary/aromatic N) is 2. The molecule has 0 aliphatic rings. The van der Waals surface area contributed by atoms with E-state index in [2.05, 4.69) is 43.9 Å². The van der Waals surface area contributed by atoms with E-state index >= 15 is 0 Å². The second kappa shape index (κ2) is 6.67. The standard InChI is InChI=1S/C13H21N3S/c1-5-17-13(14)15-12-8-6-7-11(10(12)2)9-16(3)4/h6-8H,5,9H2,1-4H3,(H2,14,15). The Morgan fingerprint density at radius 1 is 1.41 bits per heavy atom. The van der Waals surface area contributed by atoms with E-state index in [1.807, 2.05) is 12.1 Å². The van der Waals surface area contributed by atoms with E-state index in [-0.39, 0.29) is 0 Å². The van der Waals surface area contributed by atoms with Gasteiger partial charge in [0.15, 0.2) is 5.17 Å². The average molecular weight is 251 g/mol. The quantitative estimate of drug-likeness (QED) is 0.661. The molecule has 1 aromatic rings. The van der Waals surface area contributed by atoms with Crippen molar-refractivity contribution in [2.75, 3.05) is 19.8 Å². The van der Waals surface area contributed by atoms with Gasteiger partial charge < -0.3 is 10.6 Å². The maximum atomic E-state index is 5.84. The number of rotatable bonds is 4. The van der Waals surface area contributed by atoms with E-state index in [1.54, 1.807) is 11.8 Å². The van der Waals surface area contributed by atoms with E-state index in [9.17, 15) is 0 Å². The summed E-state index contributed by atoms with van der Waals surface area (Å²) >= 11 is 1.57. The molecule has 0 radical (unpaired) electrons. The molecule has 0 bridgehead atoms. The molecule has 0 aliphatic heterocycles. The number of thioether (sulfide) groups is 1. The lowest BCUT2D eigenvalue weighted by atomic mass is 10.1. The Kier molecular flexibility index (Phi) is 5.51. The first kappa shape index (κ1) is 14.1. The summed E-state index contributed by atoms with van der Waals surface area (Å²) in [6, 6.07) is 6.18. The van der Waals surface area contributed by atoms with Crippen molar-refractivity contribution >= 4 is 22.6 Å². The van der Waals surface area contributed by atoms with Crippen molar-refractivity contribution in [1.82, 2.24) is 4.90 Å². The van der Waals surface area contributed by atoms with Crippen LogP contribution in [0.1, 0.15) is 18.1 Å². The van der Waals surface area contributed by atoms with Crippen LogP contribution in [-0.2, 0) is 6.54 Å². The maximum absolute atomic E-state index is 5.84. The number of amidine groups is 1. The van der Waals surface area contributed by atoms with Crippen LogP contribution < -0.4 is 5.73 Å². The first-order chi connectivity index (χ1) is 8.04. The predicted molar refractivity (Wildman–Crippen MR) is 78.0 cm³/mol. The van der Waals surface area contributed by atoms with Crippen molar-refractivity contribution in [3.8, 4) is 0 Å². The van der Waals surface area contributed by atoms with Crippen LogP contribution >= 0.6 is 11.8 Å². The Morgan fingerprint density at radius 2 is 2.12 bits per heavy atom. The van der Waals surface area contributed by atoms with E-state index in [0.29, 0.717) is 5.17 Å². The number of benzene rings is 1. The SMILES string of the molecule is CCSC(N)=Nc1cccc(CN(C)C)c1C. The molecule has 1 rings (SSSR count). The molecule has 3 nitrogen and oxygen atoms in total. The first-order valence-electron chi connectivity index (χ1n) is 5.74. The Morgan fingerprint density at radius 3 is 2.71 bits per heavy atom. The van der Waals surface area contributed by atoms with Crippen LogP contribution in [0.2, 0.25) is 0 Å². The van der Waals surface area contributed by atoms with Crippen molar-refractivity contribution in [3.05, 3.63) is 29.3 Å². The second-order valence-corrected chi connectivity index (χ2v) is 5.47. The van der Waals surface area contributed by atoms with Gasteiger partial charge in [-0.2, -0.15) is 0 Å². The highest BCUT2D eigenvalue weighted by Gasteiger charge is 2.04. The fraction of sp³-hybridized carbons (Fsp3) is 0.462. The summed E-state index contributed by atoms with van der Waals surface area (Å²) in [6.45, 7) is 5.10. The molecule has 0 fully saturated rings. The zero-order chi connectivity index (χ0) is 12.8. The Balaban J connectivity index is 2.97. The summed E-state index contributed by atoms with van der Waals surface area (Å²) in [5, 5.41) is 0.637. The van der Waals surface area contributed by atoms with Gasteiger partial charge in [-0.15, -0.1) is 0 Å². The molecule has 4 heteroatoms. The fourth-order valence-corrected chi connectivity index (χ4v) is 2.06. The molecular weight excluding hydrogens is 230 g/mol. The molecule has 0 aromatic heterocycles. The van der Waals surface area contributed by atoms with E-state index in [0.717, 1.165) is 18.0 Å². The minimum absolute atomic E-state index is 0.637. The van der Waals surface area contributed by atoms with Gasteiger partial charge in [0.1, 0.15) is 0 Å². The summed E-state index contributed by atoms with van der Waals surface area (Å²) in [6.07, 6.45) is 0. The van der Waals surface area contributed by atoms with Crippen molar-refractivity contribution in [2.45, 2.75) is 20.4 Å². The summed E-state index contributed by atoms with van der Waals surface area (Å²) in [7, 11) is 4.13. The smallest absolute Gasteiger partial charge is 0.159 e. The molecular formula is C13H21N3S. The predicted octanol–water partition coefficient (Wildman–Crippen LogP) is 2.76. The third-order valence-corrected chi connectivity index (χ3v) is 3.10. The van der Waals surface area contributed by atoms with Gasteiger partial charge in [0.05, 0.1) is 5.69 Å². The zero-order valence-electron chi connectivity index (χ0n) is 11.0. The van der Waals surface area contributed by atoms with E-state index in [1.165, 1.54) is 11.1 Å². The normalized spacial score (nSPS) is 12.2. The number of hydrogen-bond donors (Lipinski definition) is 1. The van der Waals surface area contributed by atoms with Crippen molar-refractivity contribution in [1.29, 1.82) is 0 Å². The van der Waals surface area contributed by atoms with E-state index < -0.39 is 0 Å². The molecule has 0 amide bonds. The van der Waals surface area contributed by atoms with Gasteiger partial charge in [0.2, 0.25) is 0 Å². The van der Waals surface area contributed by atoms with Crippen LogP contribution in [0.4, 0.5) is 5.69 Å². The van der Waals surface area contributed by atoms with Gasteiger partial charge in [0.25, 0.3) is 0 Å². The van der Waals surface area contributed by atoms with Gasteiger partial charge in [-0.1, -0.05) is 30.8 Å². The molecule has 1 aromatic carbocycles. The largest absolute Gasteiger partial charge is 0.378 e. The first-order valence-corrected chi connectivity index (χ1v) is 6.73. The second-order valence-electron chi connectivity index (χ2n) is 4.18. The van der Waals surface area contributed by atoms with E-state index in [4.69, 9.17) is 5.73 Å². The minimum atomic E-state index is 0.637. The molecule has 0 aliphatic carbocycles. The molecule has 0 spiro atoms. The molecule has 0 saturated heterocycles. The molecule has 0 heterocycles. The van der Waals surface area contributed by atoms with Crippen LogP contribution in [0.3, 0.4) is 0 Å². The van der Waals surface area contributed by atoms with Crippen LogP contribution in [0.15, 0.2) is 23.2 Å². The van der Waals surface area contributed by atoms with Crippen molar-refractivity contribution < 1.29 is 0 Å². The molecule has 0 atom stereocenters. The third-order valence-electron chi connectivity index (χ3n) is 2.43. The van der Waals surface area contributed by atoms with Gasteiger partial charge in [-0.25, -0.2) is 4.99 Å². The Labute approximate surface area is 108 Å². The minimum Gasteiger partial charge on any atom is -0.378 e. The van der Waals surface area contributed by atoms with Gasteiger partial charge in [0, 0.05) is 6.54 Å². The summed E-state index contributed by atoms with van der Waals surface area (Å²) in [5.41, 5.74) is 9.32. The monoisotopic (exact) mass is 251 g/mol. The van der Waals surface area contributed by atoms with Crippen molar-refractivity contribution in [2.24, 2.45) is 10.7 Å².